The van der Waals surface area contributed by atoms with Crippen molar-refractivity contribution < 1.29 is 19.1 Å². The summed E-state index contributed by atoms with van der Waals surface area (Å²) in [6, 6.07) is 8.47. The molecule has 0 spiro atoms. The van der Waals surface area contributed by atoms with Crippen LogP contribution in [0.4, 0.5) is 4.79 Å². The van der Waals surface area contributed by atoms with Crippen molar-refractivity contribution in [2.24, 2.45) is 0 Å². The molecule has 23 heavy (non-hydrogen) atoms. The highest BCUT2D eigenvalue weighted by Gasteiger charge is 2.25. The van der Waals surface area contributed by atoms with Crippen molar-refractivity contribution in [3.8, 4) is 0 Å². The number of amides is 1. The fourth-order valence-corrected chi connectivity index (χ4v) is 1.71. The first-order valence-electron chi connectivity index (χ1n) is 7.68. The first-order valence-corrected chi connectivity index (χ1v) is 7.68. The molecule has 5 nitrogen and oxygen atoms in total. The monoisotopic (exact) mass is 319 g/mol. The third-order valence-electron chi connectivity index (χ3n) is 2.71. The molecule has 1 aromatic rings. The molecule has 0 aliphatic carbocycles. The number of hydrogen-bond acceptors (Lipinski definition) is 4. The predicted octanol–water partition coefficient (Wildman–Crippen LogP) is 3.59. The normalized spacial score (nSPS) is 12.7. The first-order chi connectivity index (χ1) is 10.8. The van der Waals surface area contributed by atoms with Gasteiger partial charge in [-0.3, -0.25) is 0 Å². The van der Waals surface area contributed by atoms with Gasteiger partial charge in [-0.15, -0.1) is 0 Å². The second-order valence-corrected chi connectivity index (χ2v) is 6.05. The van der Waals surface area contributed by atoms with Crippen LogP contribution in [0.15, 0.2) is 42.5 Å². The van der Waals surface area contributed by atoms with E-state index in [2.05, 4.69) is 5.32 Å². The summed E-state index contributed by atoms with van der Waals surface area (Å²) in [5, 5.41) is 2.52. The van der Waals surface area contributed by atoms with Crippen molar-refractivity contribution in [1.82, 2.24) is 5.32 Å². The van der Waals surface area contributed by atoms with Gasteiger partial charge < -0.3 is 14.8 Å². The number of carbonyl (C=O) groups excluding carboxylic acids is 2. The highest BCUT2D eigenvalue weighted by molar-refractivity contribution is 5.83. The summed E-state index contributed by atoms with van der Waals surface area (Å²) < 4.78 is 10.4. The Morgan fingerprint density at radius 3 is 2.43 bits per heavy atom. The average Bonchev–Trinajstić information content (AvgIpc) is 2.48. The molecule has 0 saturated heterocycles. The number of rotatable bonds is 6. The van der Waals surface area contributed by atoms with Gasteiger partial charge in [0.05, 0.1) is 0 Å². The summed E-state index contributed by atoms with van der Waals surface area (Å²) in [6.07, 6.45) is 3.50. The van der Waals surface area contributed by atoms with Crippen LogP contribution in [-0.2, 0) is 20.9 Å². The van der Waals surface area contributed by atoms with E-state index in [0.717, 1.165) is 12.0 Å². The molecule has 0 bridgehead atoms. The molecule has 0 saturated carbocycles. The maximum atomic E-state index is 12.1. The van der Waals surface area contributed by atoms with Crippen LogP contribution in [0.3, 0.4) is 0 Å². The van der Waals surface area contributed by atoms with E-state index >= 15 is 0 Å². The van der Waals surface area contributed by atoms with E-state index < -0.39 is 23.7 Å². The van der Waals surface area contributed by atoms with Crippen LogP contribution in [0.1, 0.15) is 39.7 Å². The SMILES string of the molecule is CC/C=C\[C@H](NC(=O)OCc1ccccc1)C(=O)OC(C)(C)C. The lowest BCUT2D eigenvalue weighted by molar-refractivity contribution is -0.155. The molecule has 1 rings (SSSR count). The van der Waals surface area contributed by atoms with Crippen LogP contribution in [0, 0.1) is 0 Å². The van der Waals surface area contributed by atoms with Gasteiger partial charge in [0.1, 0.15) is 18.2 Å². The minimum absolute atomic E-state index is 0.144. The number of ether oxygens (including phenoxy) is 2. The molecule has 0 heterocycles. The summed E-state index contributed by atoms with van der Waals surface area (Å²) in [4.78, 5) is 24.0. The molecule has 0 unspecified atom stereocenters. The predicted molar refractivity (Wildman–Crippen MR) is 88.8 cm³/mol. The second kappa shape index (κ2) is 8.98. The van der Waals surface area contributed by atoms with Crippen molar-refractivity contribution >= 4 is 12.1 Å². The first kappa shape index (κ1) is 18.7. The van der Waals surface area contributed by atoms with Crippen molar-refractivity contribution in [3.05, 3.63) is 48.0 Å². The van der Waals surface area contributed by atoms with Gasteiger partial charge in [-0.2, -0.15) is 0 Å². The smallest absolute Gasteiger partial charge is 0.408 e. The Morgan fingerprint density at radius 1 is 1.22 bits per heavy atom. The third kappa shape index (κ3) is 8.04. The van der Waals surface area contributed by atoms with Gasteiger partial charge in [-0.1, -0.05) is 49.4 Å². The minimum Gasteiger partial charge on any atom is -0.458 e. The molecular weight excluding hydrogens is 294 g/mol. The summed E-state index contributed by atoms with van der Waals surface area (Å²) in [7, 11) is 0. The van der Waals surface area contributed by atoms with Gasteiger partial charge in [0.2, 0.25) is 0 Å². The quantitative estimate of drug-likeness (QED) is 0.643. The van der Waals surface area contributed by atoms with Crippen LogP contribution in [0.25, 0.3) is 0 Å². The summed E-state index contributed by atoms with van der Waals surface area (Å²) in [6.45, 7) is 7.42. The van der Waals surface area contributed by atoms with Crippen molar-refractivity contribution in [2.45, 2.75) is 52.4 Å². The Balaban J connectivity index is 2.60. The number of hydrogen-bond donors (Lipinski definition) is 1. The molecule has 1 aromatic carbocycles. The third-order valence-corrected chi connectivity index (χ3v) is 2.71. The number of allylic oxidation sites excluding steroid dienone is 1. The molecule has 0 aromatic heterocycles. The van der Waals surface area contributed by atoms with Gasteiger partial charge in [-0.05, 0) is 32.8 Å². The summed E-state index contributed by atoms with van der Waals surface area (Å²) >= 11 is 0. The molecule has 5 heteroatoms. The highest BCUT2D eigenvalue weighted by atomic mass is 16.6. The van der Waals surface area contributed by atoms with Crippen LogP contribution in [0.2, 0.25) is 0 Å². The van der Waals surface area contributed by atoms with E-state index in [1.165, 1.54) is 0 Å². The van der Waals surface area contributed by atoms with Gasteiger partial charge >= 0.3 is 12.1 Å². The molecule has 0 radical (unpaired) electrons. The molecule has 1 N–H and O–H groups in total. The van der Waals surface area contributed by atoms with Crippen LogP contribution in [-0.4, -0.2) is 23.7 Å². The zero-order chi connectivity index (χ0) is 17.3. The van der Waals surface area contributed by atoms with E-state index in [1.54, 1.807) is 32.9 Å². The van der Waals surface area contributed by atoms with Crippen molar-refractivity contribution in [3.63, 3.8) is 0 Å². The lowest BCUT2D eigenvalue weighted by Crippen LogP contribution is -2.43. The molecular formula is C18H25NO4. The number of nitrogens with one attached hydrogen (secondary N) is 1. The van der Waals surface area contributed by atoms with Gasteiger partial charge in [-0.25, -0.2) is 9.59 Å². The molecule has 0 fully saturated rings. The highest BCUT2D eigenvalue weighted by Crippen LogP contribution is 2.09. The van der Waals surface area contributed by atoms with E-state index in [1.807, 2.05) is 37.3 Å². The fraction of sp³-hybridized carbons (Fsp3) is 0.444. The molecule has 0 aliphatic rings. The number of alkyl carbamates (subject to hydrolysis) is 1. The van der Waals surface area contributed by atoms with Crippen molar-refractivity contribution in [1.29, 1.82) is 0 Å². The molecule has 126 valence electrons. The van der Waals surface area contributed by atoms with E-state index in [9.17, 15) is 9.59 Å². The zero-order valence-electron chi connectivity index (χ0n) is 14.2. The second-order valence-electron chi connectivity index (χ2n) is 6.05. The number of esters is 1. The van der Waals surface area contributed by atoms with Crippen LogP contribution >= 0.6 is 0 Å². The summed E-state index contributed by atoms with van der Waals surface area (Å²) in [5.74, 6) is -0.515. The molecule has 1 atom stereocenters. The lowest BCUT2D eigenvalue weighted by Gasteiger charge is -2.23. The fourth-order valence-electron chi connectivity index (χ4n) is 1.71. The van der Waals surface area contributed by atoms with Gasteiger partial charge in [0.15, 0.2) is 0 Å². The average molecular weight is 319 g/mol. The van der Waals surface area contributed by atoms with E-state index in [4.69, 9.17) is 9.47 Å². The molecule has 1 amide bonds. The Labute approximate surface area is 137 Å². The van der Waals surface area contributed by atoms with Crippen molar-refractivity contribution in [2.75, 3.05) is 0 Å². The Kier molecular flexibility index (Phi) is 7.32. The topological polar surface area (TPSA) is 64.6 Å². The summed E-state index contributed by atoms with van der Waals surface area (Å²) in [5.41, 5.74) is 0.255. The zero-order valence-corrected chi connectivity index (χ0v) is 14.2. The van der Waals surface area contributed by atoms with Gasteiger partial charge in [0.25, 0.3) is 0 Å². The number of carbonyl (C=O) groups is 2. The van der Waals surface area contributed by atoms with Gasteiger partial charge in [0, 0.05) is 0 Å². The van der Waals surface area contributed by atoms with Crippen LogP contribution < -0.4 is 5.32 Å². The Bertz CT molecular complexity index is 532. The largest absolute Gasteiger partial charge is 0.458 e. The Morgan fingerprint density at radius 2 is 1.87 bits per heavy atom. The number of benzene rings is 1. The standard InChI is InChI=1S/C18H25NO4/c1-5-6-12-15(16(20)23-18(2,3)4)19-17(21)22-13-14-10-8-7-9-11-14/h6-12,15H,5,13H2,1-4H3,(H,19,21)/b12-6-/t15-/m0/s1. The lowest BCUT2D eigenvalue weighted by atomic mass is 10.2. The van der Waals surface area contributed by atoms with Crippen LogP contribution in [0.5, 0.6) is 0 Å². The Hall–Kier alpha value is -2.30. The maximum Gasteiger partial charge on any atom is 0.408 e. The maximum absolute atomic E-state index is 12.1. The molecule has 0 aliphatic heterocycles. The minimum atomic E-state index is -0.863. The van der Waals surface area contributed by atoms with E-state index in [0.29, 0.717) is 0 Å². The van der Waals surface area contributed by atoms with E-state index in [-0.39, 0.29) is 6.61 Å².